The van der Waals surface area contributed by atoms with Crippen molar-refractivity contribution in [1.29, 1.82) is 0 Å². The highest BCUT2D eigenvalue weighted by Gasteiger charge is 2.25. The van der Waals surface area contributed by atoms with Crippen molar-refractivity contribution in [3.05, 3.63) is 17.9 Å². The lowest BCUT2D eigenvalue weighted by Gasteiger charge is -2.27. The Kier molecular flexibility index (Phi) is 3.91. The van der Waals surface area contributed by atoms with Crippen LogP contribution in [-0.4, -0.2) is 48.7 Å². The quantitative estimate of drug-likeness (QED) is 0.867. The van der Waals surface area contributed by atoms with E-state index in [2.05, 4.69) is 11.8 Å². The Morgan fingerprint density at radius 2 is 2.39 bits per heavy atom. The molecule has 5 heteroatoms. The topological polar surface area (TPSA) is 56.9 Å². The predicted molar refractivity (Wildman–Crippen MR) is 69.2 cm³/mol. The van der Waals surface area contributed by atoms with Crippen molar-refractivity contribution in [3.63, 3.8) is 0 Å². The van der Waals surface area contributed by atoms with E-state index in [0.29, 0.717) is 11.9 Å². The molecule has 1 aliphatic rings. The van der Waals surface area contributed by atoms with Gasteiger partial charge >= 0.3 is 5.97 Å². The van der Waals surface area contributed by atoms with Gasteiger partial charge < -0.3 is 14.4 Å². The Labute approximate surface area is 107 Å². The number of furan rings is 1. The number of carboxylic acid groups (broad SMARTS) is 1. The standard InChI is InChI=1S/C13H20N2O3/c1-3-15-8-4-5-10(15)9-14(2)12-7-6-11(18-12)13(16)17/h6-7,10H,3-5,8-9H2,1-2H3,(H,16,17). The largest absolute Gasteiger partial charge is 0.475 e. The molecule has 5 nitrogen and oxygen atoms in total. The maximum atomic E-state index is 10.8. The molecule has 1 N–H and O–H groups in total. The first-order valence-corrected chi connectivity index (χ1v) is 6.40. The van der Waals surface area contributed by atoms with Gasteiger partial charge in [0.2, 0.25) is 5.76 Å². The van der Waals surface area contributed by atoms with E-state index in [1.54, 1.807) is 6.07 Å². The summed E-state index contributed by atoms with van der Waals surface area (Å²) in [7, 11) is 1.94. The summed E-state index contributed by atoms with van der Waals surface area (Å²) >= 11 is 0. The molecule has 1 aromatic rings. The summed E-state index contributed by atoms with van der Waals surface area (Å²) in [6.07, 6.45) is 2.44. The van der Waals surface area contributed by atoms with Crippen molar-refractivity contribution >= 4 is 11.9 Å². The van der Waals surface area contributed by atoms with Crippen LogP contribution in [-0.2, 0) is 0 Å². The van der Waals surface area contributed by atoms with Gasteiger partial charge in [0, 0.05) is 25.7 Å². The molecular weight excluding hydrogens is 232 g/mol. The van der Waals surface area contributed by atoms with Gasteiger partial charge in [-0.3, -0.25) is 4.90 Å². The monoisotopic (exact) mass is 252 g/mol. The normalized spacial score (nSPS) is 20.2. The molecule has 1 fully saturated rings. The fourth-order valence-corrected chi connectivity index (χ4v) is 2.57. The summed E-state index contributed by atoms with van der Waals surface area (Å²) in [5.41, 5.74) is 0. The van der Waals surface area contributed by atoms with Crippen LogP contribution in [0.1, 0.15) is 30.3 Å². The Hall–Kier alpha value is -1.49. The van der Waals surface area contributed by atoms with Gasteiger partial charge in [-0.25, -0.2) is 4.79 Å². The Balaban J connectivity index is 1.98. The number of hydrogen-bond donors (Lipinski definition) is 1. The highest BCUT2D eigenvalue weighted by molar-refractivity contribution is 5.84. The van der Waals surface area contributed by atoms with Crippen molar-refractivity contribution < 1.29 is 14.3 Å². The minimum absolute atomic E-state index is 0.00406. The molecule has 2 rings (SSSR count). The van der Waals surface area contributed by atoms with Gasteiger partial charge in [-0.2, -0.15) is 0 Å². The maximum Gasteiger partial charge on any atom is 0.371 e. The zero-order valence-corrected chi connectivity index (χ0v) is 10.9. The third kappa shape index (κ3) is 2.67. The van der Waals surface area contributed by atoms with Crippen molar-refractivity contribution in [2.75, 3.05) is 31.6 Å². The first-order valence-electron chi connectivity index (χ1n) is 6.40. The summed E-state index contributed by atoms with van der Waals surface area (Å²) in [5, 5.41) is 8.82. The fourth-order valence-electron chi connectivity index (χ4n) is 2.57. The van der Waals surface area contributed by atoms with E-state index >= 15 is 0 Å². The first-order chi connectivity index (χ1) is 8.61. The van der Waals surface area contributed by atoms with Crippen molar-refractivity contribution in [1.82, 2.24) is 4.90 Å². The number of carbonyl (C=O) groups is 1. The summed E-state index contributed by atoms with van der Waals surface area (Å²) < 4.78 is 5.29. The number of anilines is 1. The minimum Gasteiger partial charge on any atom is -0.475 e. The number of carboxylic acids is 1. The number of aromatic carboxylic acids is 1. The maximum absolute atomic E-state index is 10.8. The number of nitrogens with zero attached hydrogens (tertiary/aromatic N) is 2. The zero-order valence-electron chi connectivity index (χ0n) is 10.9. The van der Waals surface area contributed by atoms with Crippen LogP contribution in [0.25, 0.3) is 0 Å². The third-order valence-electron chi connectivity index (χ3n) is 3.57. The van der Waals surface area contributed by atoms with Gasteiger partial charge in [-0.05, 0) is 32.0 Å². The second kappa shape index (κ2) is 5.44. The van der Waals surface area contributed by atoms with Crippen molar-refractivity contribution in [3.8, 4) is 0 Å². The molecular formula is C13H20N2O3. The molecule has 2 heterocycles. The molecule has 0 spiro atoms. The van der Waals surface area contributed by atoms with E-state index < -0.39 is 5.97 Å². The van der Waals surface area contributed by atoms with Crippen molar-refractivity contribution in [2.45, 2.75) is 25.8 Å². The average molecular weight is 252 g/mol. The molecule has 1 aliphatic heterocycles. The second-order valence-electron chi connectivity index (χ2n) is 4.75. The number of rotatable bonds is 5. The Morgan fingerprint density at radius 1 is 1.61 bits per heavy atom. The molecule has 0 radical (unpaired) electrons. The molecule has 0 aromatic carbocycles. The fraction of sp³-hybridized carbons (Fsp3) is 0.615. The molecule has 0 bridgehead atoms. The molecule has 1 unspecified atom stereocenters. The van der Waals surface area contributed by atoms with Gasteiger partial charge in [0.25, 0.3) is 0 Å². The molecule has 0 aliphatic carbocycles. The minimum atomic E-state index is -1.02. The van der Waals surface area contributed by atoms with Crippen LogP contribution in [0.3, 0.4) is 0 Å². The third-order valence-corrected chi connectivity index (χ3v) is 3.57. The van der Waals surface area contributed by atoms with Gasteiger partial charge in [0.15, 0.2) is 5.88 Å². The van der Waals surface area contributed by atoms with Crippen LogP contribution < -0.4 is 4.90 Å². The summed E-state index contributed by atoms with van der Waals surface area (Å²) in [5.74, 6) is -0.406. The lowest BCUT2D eigenvalue weighted by atomic mass is 10.2. The molecule has 1 aromatic heterocycles. The van der Waals surface area contributed by atoms with Crippen LogP contribution in [0.4, 0.5) is 5.88 Å². The molecule has 18 heavy (non-hydrogen) atoms. The van der Waals surface area contributed by atoms with Crippen LogP contribution in [0.2, 0.25) is 0 Å². The summed E-state index contributed by atoms with van der Waals surface area (Å²) in [4.78, 5) is 15.2. The molecule has 1 saturated heterocycles. The number of likely N-dealkylation sites (N-methyl/N-ethyl adjacent to an activating group) is 2. The van der Waals surface area contributed by atoms with Crippen molar-refractivity contribution in [2.24, 2.45) is 0 Å². The van der Waals surface area contributed by atoms with Crippen LogP contribution in [0.15, 0.2) is 16.5 Å². The van der Waals surface area contributed by atoms with Crippen LogP contribution >= 0.6 is 0 Å². The Bertz CT molecular complexity index is 416. The van der Waals surface area contributed by atoms with E-state index in [9.17, 15) is 4.79 Å². The van der Waals surface area contributed by atoms with Gasteiger partial charge in [0.1, 0.15) is 0 Å². The van der Waals surface area contributed by atoms with Gasteiger partial charge in [0.05, 0.1) is 0 Å². The van der Waals surface area contributed by atoms with E-state index in [1.165, 1.54) is 18.9 Å². The van der Waals surface area contributed by atoms with E-state index in [-0.39, 0.29) is 5.76 Å². The number of likely N-dealkylation sites (tertiary alicyclic amines) is 1. The summed E-state index contributed by atoms with van der Waals surface area (Å²) in [6.45, 7) is 5.28. The highest BCUT2D eigenvalue weighted by Crippen LogP contribution is 2.22. The van der Waals surface area contributed by atoms with Crippen LogP contribution in [0, 0.1) is 0 Å². The predicted octanol–water partition coefficient (Wildman–Crippen LogP) is 1.90. The van der Waals surface area contributed by atoms with E-state index in [0.717, 1.165) is 19.6 Å². The Morgan fingerprint density at radius 3 is 3.00 bits per heavy atom. The van der Waals surface area contributed by atoms with E-state index in [1.807, 2.05) is 11.9 Å². The van der Waals surface area contributed by atoms with E-state index in [4.69, 9.17) is 9.52 Å². The first kappa shape index (κ1) is 13.0. The number of hydrogen-bond acceptors (Lipinski definition) is 4. The lowest BCUT2D eigenvalue weighted by Crippen LogP contribution is -2.38. The SMILES string of the molecule is CCN1CCCC1CN(C)c1ccc(C(=O)O)o1. The van der Waals surface area contributed by atoms with Crippen LogP contribution in [0.5, 0.6) is 0 Å². The smallest absolute Gasteiger partial charge is 0.371 e. The molecule has 0 saturated carbocycles. The molecule has 100 valence electrons. The zero-order chi connectivity index (χ0) is 13.1. The molecule has 1 atom stereocenters. The average Bonchev–Trinajstić information content (AvgIpc) is 2.96. The summed E-state index contributed by atoms with van der Waals surface area (Å²) in [6, 6.07) is 3.76. The van der Waals surface area contributed by atoms with Gasteiger partial charge in [-0.1, -0.05) is 6.92 Å². The highest BCUT2D eigenvalue weighted by atomic mass is 16.4. The molecule has 0 amide bonds. The lowest BCUT2D eigenvalue weighted by molar-refractivity contribution is 0.0663. The second-order valence-corrected chi connectivity index (χ2v) is 4.75. The van der Waals surface area contributed by atoms with Gasteiger partial charge in [-0.15, -0.1) is 0 Å².